The van der Waals surface area contributed by atoms with E-state index in [9.17, 15) is 0 Å². The third kappa shape index (κ3) is 3.79. The van der Waals surface area contributed by atoms with Crippen molar-refractivity contribution in [3.63, 3.8) is 0 Å². The molecule has 1 atom stereocenters. The van der Waals surface area contributed by atoms with Gasteiger partial charge in [-0.3, -0.25) is 0 Å². The SMILES string of the molecule is COCCCCn1nnc(CC#N)c1C(C)OC. The highest BCUT2D eigenvalue weighted by Crippen LogP contribution is 2.19. The van der Waals surface area contributed by atoms with Gasteiger partial charge in [-0.05, 0) is 19.8 Å². The molecule has 18 heavy (non-hydrogen) atoms. The third-order valence-corrected chi connectivity index (χ3v) is 2.80. The Labute approximate surface area is 107 Å². The first kappa shape index (κ1) is 14.6. The largest absolute Gasteiger partial charge is 0.385 e. The van der Waals surface area contributed by atoms with Crippen LogP contribution in [-0.2, 0) is 22.4 Å². The second kappa shape index (κ2) is 7.80. The molecule has 0 aliphatic heterocycles. The zero-order chi connectivity index (χ0) is 13.4. The predicted molar refractivity (Wildman–Crippen MR) is 65.9 cm³/mol. The Bertz CT molecular complexity index is 397. The maximum atomic E-state index is 8.77. The van der Waals surface area contributed by atoms with E-state index in [0.717, 1.165) is 31.7 Å². The molecule has 0 amide bonds. The minimum absolute atomic E-state index is 0.106. The number of hydrogen-bond acceptors (Lipinski definition) is 5. The molecule has 1 heterocycles. The van der Waals surface area contributed by atoms with Crippen LogP contribution in [0, 0.1) is 11.3 Å². The highest BCUT2D eigenvalue weighted by Gasteiger charge is 2.18. The Kier molecular flexibility index (Phi) is 6.33. The number of nitrogens with zero attached hydrogens (tertiary/aromatic N) is 4. The molecule has 1 rings (SSSR count). The summed E-state index contributed by atoms with van der Waals surface area (Å²) in [5.74, 6) is 0. The average molecular weight is 252 g/mol. The number of ether oxygens (including phenoxy) is 2. The van der Waals surface area contributed by atoms with E-state index in [4.69, 9.17) is 14.7 Å². The minimum atomic E-state index is -0.106. The zero-order valence-corrected chi connectivity index (χ0v) is 11.2. The lowest BCUT2D eigenvalue weighted by molar-refractivity contribution is 0.110. The van der Waals surface area contributed by atoms with Gasteiger partial charge in [-0.15, -0.1) is 5.10 Å². The maximum absolute atomic E-state index is 8.77. The van der Waals surface area contributed by atoms with Crippen LogP contribution in [0.4, 0.5) is 0 Å². The summed E-state index contributed by atoms with van der Waals surface area (Å²) in [4.78, 5) is 0. The fourth-order valence-electron chi connectivity index (χ4n) is 1.79. The minimum Gasteiger partial charge on any atom is -0.385 e. The van der Waals surface area contributed by atoms with E-state index < -0.39 is 0 Å². The summed E-state index contributed by atoms with van der Waals surface area (Å²) in [6.07, 6.45) is 2.10. The molecule has 0 N–H and O–H groups in total. The fraction of sp³-hybridized carbons (Fsp3) is 0.750. The van der Waals surface area contributed by atoms with Gasteiger partial charge in [0.2, 0.25) is 0 Å². The molecule has 6 nitrogen and oxygen atoms in total. The topological polar surface area (TPSA) is 73.0 Å². The van der Waals surface area contributed by atoms with Crippen LogP contribution >= 0.6 is 0 Å². The van der Waals surface area contributed by atoms with Gasteiger partial charge >= 0.3 is 0 Å². The van der Waals surface area contributed by atoms with Gasteiger partial charge in [0.25, 0.3) is 0 Å². The van der Waals surface area contributed by atoms with Crippen molar-refractivity contribution in [2.75, 3.05) is 20.8 Å². The molecule has 0 bridgehead atoms. The average Bonchev–Trinajstić information content (AvgIpc) is 2.77. The second-order valence-corrected chi connectivity index (χ2v) is 4.06. The molecule has 0 fully saturated rings. The van der Waals surface area contributed by atoms with Crippen LogP contribution in [-0.4, -0.2) is 35.8 Å². The summed E-state index contributed by atoms with van der Waals surface area (Å²) in [6, 6.07) is 2.10. The summed E-state index contributed by atoms with van der Waals surface area (Å²) in [6.45, 7) is 3.45. The summed E-state index contributed by atoms with van der Waals surface area (Å²) in [7, 11) is 3.34. The number of hydrogen-bond donors (Lipinski definition) is 0. The van der Waals surface area contributed by atoms with Gasteiger partial charge in [0, 0.05) is 27.4 Å². The lowest BCUT2D eigenvalue weighted by Crippen LogP contribution is -2.11. The Hall–Kier alpha value is -1.45. The summed E-state index contributed by atoms with van der Waals surface area (Å²) >= 11 is 0. The molecule has 0 saturated carbocycles. The molecule has 6 heteroatoms. The van der Waals surface area contributed by atoms with E-state index in [-0.39, 0.29) is 12.5 Å². The summed E-state index contributed by atoms with van der Waals surface area (Å²) in [5.41, 5.74) is 1.61. The molecule has 0 radical (unpaired) electrons. The van der Waals surface area contributed by atoms with Crippen molar-refractivity contribution in [1.29, 1.82) is 5.26 Å². The highest BCUT2D eigenvalue weighted by atomic mass is 16.5. The number of unbranched alkanes of at least 4 members (excludes halogenated alkanes) is 1. The Balaban J connectivity index is 2.74. The number of rotatable bonds is 8. The lowest BCUT2D eigenvalue weighted by Gasteiger charge is -2.13. The van der Waals surface area contributed by atoms with Crippen molar-refractivity contribution in [3.8, 4) is 6.07 Å². The third-order valence-electron chi connectivity index (χ3n) is 2.80. The van der Waals surface area contributed by atoms with Crippen molar-refractivity contribution in [1.82, 2.24) is 15.0 Å². The number of aryl methyl sites for hydroxylation is 1. The van der Waals surface area contributed by atoms with Crippen molar-refractivity contribution in [3.05, 3.63) is 11.4 Å². The molecule has 0 aliphatic rings. The van der Waals surface area contributed by atoms with Crippen molar-refractivity contribution in [2.45, 2.75) is 38.8 Å². The van der Waals surface area contributed by atoms with Crippen LogP contribution in [0.5, 0.6) is 0 Å². The van der Waals surface area contributed by atoms with E-state index in [1.165, 1.54) is 0 Å². The van der Waals surface area contributed by atoms with Gasteiger partial charge in [0.1, 0.15) is 5.69 Å². The molecule has 0 spiro atoms. The predicted octanol–water partition coefficient (Wildman–Crippen LogP) is 1.48. The van der Waals surface area contributed by atoms with Crippen LogP contribution < -0.4 is 0 Å². The molecule has 0 aromatic carbocycles. The summed E-state index contributed by atoms with van der Waals surface area (Å²) < 4.78 is 12.2. The van der Waals surface area contributed by atoms with Crippen LogP contribution in [0.2, 0.25) is 0 Å². The molecule has 1 unspecified atom stereocenters. The second-order valence-electron chi connectivity index (χ2n) is 4.06. The van der Waals surface area contributed by atoms with Gasteiger partial charge in [0.05, 0.1) is 24.3 Å². The quantitative estimate of drug-likeness (QED) is 0.655. The van der Waals surface area contributed by atoms with E-state index >= 15 is 0 Å². The zero-order valence-electron chi connectivity index (χ0n) is 11.2. The van der Waals surface area contributed by atoms with E-state index in [1.807, 2.05) is 11.6 Å². The van der Waals surface area contributed by atoms with Crippen LogP contribution in [0.1, 0.15) is 37.3 Å². The van der Waals surface area contributed by atoms with Crippen LogP contribution in [0.3, 0.4) is 0 Å². The number of nitriles is 1. The summed E-state index contributed by atoms with van der Waals surface area (Å²) in [5, 5.41) is 16.9. The first-order chi connectivity index (χ1) is 8.74. The van der Waals surface area contributed by atoms with E-state index in [0.29, 0.717) is 5.69 Å². The molecular weight excluding hydrogens is 232 g/mol. The molecular formula is C12H20N4O2. The monoisotopic (exact) mass is 252 g/mol. The smallest absolute Gasteiger partial charge is 0.103 e. The normalized spacial score (nSPS) is 12.3. The standard InChI is InChI=1S/C12H20N4O2/c1-10(18-3)12-11(6-7-13)14-15-16(12)8-4-5-9-17-2/h10H,4-6,8-9H2,1-3H3. The molecule has 0 saturated heterocycles. The van der Waals surface area contributed by atoms with Gasteiger partial charge in [-0.2, -0.15) is 5.26 Å². The Morgan fingerprint density at radius 3 is 2.78 bits per heavy atom. The molecule has 0 aliphatic carbocycles. The highest BCUT2D eigenvalue weighted by molar-refractivity contribution is 5.16. The van der Waals surface area contributed by atoms with Gasteiger partial charge in [0.15, 0.2) is 0 Å². The maximum Gasteiger partial charge on any atom is 0.103 e. The van der Waals surface area contributed by atoms with Crippen LogP contribution in [0.25, 0.3) is 0 Å². The van der Waals surface area contributed by atoms with Gasteiger partial charge in [-0.25, -0.2) is 4.68 Å². The number of methoxy groups -OCH3 is 2. The van der Waals surface area contributed by atoms with Crippen molar-refractivity contribution < 1.29 is 9.47 Å². The number of aromatic nitrogens is 3. The lowest BCUT2D eigenvalue weighted by atomic mass is 10.2. The first-order valence-electron chi connectivity index (χ1n) is 6.05. The fourth-order valence-corrected chi connectivity index (χ4v) is 1.79. The molecule has 1 aromatic heterocycles. The van der Waals surface area contributed by atoms with Gasteiger partial charge < -0.3 is 9.47 Å². The van der Waals surface area contributed by atoms with Gasteiger partial charge in [-0.1, -0.05) is 5.21 Å². The van der Waals surface area contributed by atoms with Crippen LogP contribution in [0.15, 0.2) is 0 Å². The Morgan fingerprint density at radius 2 is 2.17 bits per heavy atom. The van der Waals surface area contributed by atoms with E-state index in [2.05, 4.69) is 16.4 Å². The van der Waals surface area contributed by atoms with Crippen molar-refractivity contribution >= 4 is 0 Å². The molecule has 1 aromatic rings. The van der Waals surface area contributed by atoms with E-state index in [1.54, 1.807) is 14.2 Å². The molecule has 100 valence electrons. The Morgan fingerprint density at radius 1 is 1.39 bits per heavy atom. The first-order valence-corrected chi connectivity index (χ1v) is 6.05. The van der Waals surface area contributed by atoms with Crippen molar-refractivity contribution in [2.24, 2.45) is 0 Å².